The summed E-state index contributed by atoms with van der Waals surface area (Å²) in [5.41, 5.74) is 2.62. The first-order chi connectivity index (χ1) is 8.19. The van der Waals surface area contributed by atoms with E-state index >= 15 is 0 Å². The zero-order chi connectivity index (χ0) is 12.3. The van der Waals surface area contributed by atoms with Gasteiger partial charge in [-0.1, -0.05) is 0 Å². The lowest BCUT2D eigenvalue weighted by molar-refractivity contribution is 0.0682. The van der Waals surface area contributed by atoms with E-state index in [0.717, 1.165) is 0 Å². The van der Waals surface area contributed by atoms with Crippen LogP contribution in [0.3, 0.4) is 0 Å². The molecule has 1 fully saturated rings. The monoisotopic (exact) mass is 345 g/mol. The number of nitrogens with one attached hydrogen (secondary N) is 1. The molecule has 0 unspecified atom stereocenters. The van der Waals surface area contributed by atoms with Gasteiger partial charge in [-0.25, -0.2) is 0 Å². The molecule has 1 N–H and O–H groups in total. The molecule has 0 aromatic heterocycles. The summed E-state index contributed by atoms with van der Waals surface area (Å²) in [4.78, 5) is 0. The third-order valence-corrected chi connectivity index (χ3v) is 4.23. The van der Waals surface area contributed by atoms with Gasteiger partial charge in [0.1, 0.15) is 0 Å². The third kappa shape index (κ3) is 3.58. The number of hydrogen-bond donors (Lipinski definition) is 1. The summed E-state index contributed by atoms with van der Waals surface area (Å²) in [7, 11) is 1.82. The number of aryl methyl sites for hydroxylation is 1. The Balaban J connectivity index is 1.93. The Morgan fingerprint density at radius 2 is 1.94 bits per heavy atom. The summed E-state index contributed by atoms with van der Waals surface area (Å²) in [5, 5.41) is 3.66. The van der Waals surface area contributed by atoms with Crippen LogP contribution >= 0.6 is 22.6 Å². The molecule has 0 spiro atoms. The first kappa shape index (κ1) is 13.1. The Hall–Kier alpha value is -0.290. The summed E-state index contributed by atoms with van der Waals surface area (Å²) >= 11 is 2.36. The van der Waals surface area contributed by atoms with Crippen molar-refractivity contribution >= 4 is 28.3 Å². The number of halogens is 1. The standard InChI is InChI=1S/C14H20INO/c1-10-9-11(15)3-8-14(10)16-12-4-6-13(17-2)7-5-12/h3,8-9,12-13,16H,4-7H2,1-2H3. The number of rotatable bonds is 3. The fraction of sp³-hybridized carbons (Fsp3) is 0.571. The van der Waals surface area contributed by atoms with E-state index in [0.29, 0.717) is 12.1 Å². The highest BCUT2D eigenvalue weighted by Gasteiger charge is 2.20. The Morgan fingerprint density at radius 1 is 1.24 bits per heavy atom. The fourth-order valence-corrected chi connectivity index (χ4v) is 3.10. The molecule has 94 valence electrons. The first-order valence-corrected chi connectivity index (χ1v) is 7.32. The van der Waals surface area contributed by atoms with Gasteiger partial charge >= 0.3 is 0 Å². The zero-order valence-corrected chi connectivity index (χ0v) is 12.7. The highest BCUT2D eigenvalue weighted by Crippen LogP contribution is 2.25. The molecule has 1 saturated carbocycles. The Morgan fingerprint density at radius 3 is 2.53 bits per heavy atom. The van der Waals surface area contributed by atoms with Crippen LogP contribution in [0.1, 0.15) is 31.2 Å². The largest absolute Gasteiger partial charge is 0.382 e. The Labute approximate surface area is 117 Å². The van der Waals surface area contributed by atoms with E-state index < -0.39 is 0 Å². The molecule has 0 heterocycles. The molecule has 1 aromatic carbocycles. The quantitative estimate of drug-likeness (QED) is 0.837. The van der Waals surface area contributed by atoms with Crippen LogP contribution in [0, 0.1) is 10.5 Å². The molecule has 0 bridgehead atoms. The molecule has 2 rings (SSSR count). The van der Waals surface area contributed by atoms with E-state index in [2.05, 4.69) is 53.0 Å². The molecular formula is C14H20INO. The van der Waals surface area contributed by atoms with E-state index in [9.17, 15) is 0 Å². The minimum atomic E-state index is 0.478. The highest BCUT2D eigenvalue weighted by molar-refractivity contribution is 14.1. The third-order valence-electron chi connectivity index (χ3n) is 3.56. The maximum absolute atomic E-state index is 5.40. The van der Waals surface area contributed by atoms with Gasteiger partial charge in [-0.05, 0) is 79.0 Å². The van der Waals surface area contributed by atoms with E-state index in [-0.39, 0.29) is 0 Å². The van der Waals surface area contributed by atoms with Gasteiger partial charge in [-0.15, -0.1) is 0 Å². The van der Waals surface area contributed by atoms with Gasteiger partial charge in [0.05, 0.1) is 6.10 Å². The van der Waals surface area contributed by atoms with E-state index in [1.807, 2.05) is 7.11 Å². The maximum Gasteiger partial charge on any atom is 0.0572 e. The summed E-state index contributed by atoms with van der Waals surface area (Å²) in [6, 6.07) is 7.19. The molecule has 2 nitrogen and oxygen atoms in total. The molecule has 0 saturated heterocycles. The minimum Gasteiger partial charge on any atom is -0.382 e. The molecule has 0 radical (unpaired) electrons. The summed E-state index contributed by atoms with van der Waals surface area (Å²) in [6.45, 7) is 2.17. The van der Waals surface area contributed by atoms with Gasteiger partial charge in [0.15, 0.2) is 0 Å². The van der Waals surface area contributed by atoms with E-state index in [1.165, 1.54) is 40.5 Å². The number of anilines is 1. The lowest BCUT2D eigenvalue weighted by atomic mass is 9.92. The predicted octanol–water partition coefficient (Wildman–Crippen LogP) is 3.97. The molecule has 0 amide bonds. The average molecular weight is 345 g/mol. The van der Waals surface area contributed by atoms with Crippen LogP contribution < -0.4 is 5.32 Å². The maximum atomic E-state index is 5.40. The molecule has 0 atom stereocenters. The van der Waals surface area contributed by atoms with Crippen LogP contribution in [0.4, 0.5) is 5.69 Å². The van der Waals surface area contributed by atoms with Crippen molar-refractivity contribution in [3.8, 4) is 0 Å². The summed E-state index contributed by atoms with van der Waals surface area (Å²) in [5.74, 6) is 0. The zero-order valence-electron chi connectivity index (χ0n) is 10.5. The van der Waals surface area contributed by atoms with Crippen molar-refractivity contribution in [1.29, 1.82) is 0 Å². The van der Waals surface area contributed by atoms with Gasteiger partial charge in [-0.2, -0.15) is 0 Å². The van der Waals surface area contributed by atoms with E-state index in [1.54, 1.807) is 0 Å². The highest BCUT2D eigenvalue weighted by atomic mass is 127. The topological polar surface area (TPSA) is 21.3 Å². The smallest absolute Gasteiger partial charge is 0.0572 e. The van der Waals surface area contributed by atoms with Crippen molar-refractivity contribution in [2.45, 2.75) is 44.8 Å². The molecule has 17 heavy (non-hydrogen) atoms. The number of methoxy groups -OCH3 is 1. The van der Waals surface area contributed by atoms with Gasteiger partial charge < -0.3 is 10.1 Å². The lowest BCUT2D eigenvalue weighted by Crippen LogP contribution is -2.29. The summed E-state index contributed by atoms with van der Waals surface area (Å²) < 4.78 is 6.70. The molecule has 1 aliphatic rings. The number of benzene rings is 1. The van der Waals surface area contributed by atoms with Gasteiger partial charge in [0.2, 0.25) is 0 Å². The van der Waals surface area contributed by atoms with Crippen molar-refractivity contribution in [3.63, 3.8) is 0 Å². The molecule has 1 aromatic rings. The van der Waals surface area contributed by atoms with Gasteiger partial charge in [0.25, 0.3) is 0 Å². The van der Waals surface area contributed by atoms with Crippen molar-refractivity contribution in [2.24, 2.45) is 0 Å². The van der Waals surface area contributed by atoms with Crippen LogP contribution in [0.5, 0.6) is 0 Å². The van der Waals surface area contributed by atoms with Crippen molar-refractivity contribution in [3.05, 3.63) is 27.3 Å². The van der Waals surface area contributed by atoms with Crippen molar-refractivity contribution < 1.29 is 4.74 Å². The molecule has 0 aliphatic heterocycles. The van der Waals surface area contributed by atoms with E-state index in [4.69, 9.17) is 4.74 Å². The van der Waals surface area contributed by atoms with Crippen LogP contribution in [0.2, 0.25) is 0 Å². The summed E-state index contributed by atoms with van der Waals surface area (Å²) in [6.07, 6.45) is 5.26. The second-order valence-corrected chi connectivity index (χ2v) is 6.06. The van der Waals surface area contributed by atoms with Crippen LogP contribution in [0.25, 0.3) is 0 Å². The molecule has 3 heteroatoms. The van der Waals surface area contributed by atoms with Crippen LogP contribution in [-0.2, 0) is 4.74 Å². The number of hydrogen-bond acceptors (Lipinski definition) is 2. The van der Waals surface area contributed by atoms with Crippen molar-refractivity contribution in [1.82, 2.24) is 0 Å². The minimum absolute atomic E-state index is 0.478. The van der Waals surface area contributed by atoms with Gasteiger partial charge in [-0.3, -0.25) is 0 Å². The van der Waals surface area contributed by atoms with Crippen molar-refractivity contribution in [2.75, 3.05) is 12.4 Å². The molecular weight excluding hydrogens is 325 g/mol. The normalized spacial score (nSPS) is 24.6. The first-order valence-electron chi connectivity index (χ1n) is 6.24. The van der Waals surface area contributed by atoms with Crippen LogP contribution in [0.15, 0.2) is 18.2 Å². The number of ether oxygens (including phenoxy) is 1. The second kappa shape index (κ2) is 6.05. The second-order valence-electron chi connectivity index (χ2n) is 4.81. The predicted molar refractivity (Wildman–Crippen MR) is 80.6 cm³/mol. The van der Waals surface area contributed by atoms with Crippen LogP contribution in [-0.4, -0.2) is 19.3 Å². The molecule has 1 aliphatic carbocycles. The van der Waals surface area contributed by atoms with Gasteiger partial charge in [0, 0.05) is 22.4 Å². The Bertz CT molecular complexity index is 372. The Kier molecular flexibility index (Phi) is 4.68. The fourth-order valence-electron chi connectivity index (χ4n) is 2.45. The SMILES string of the molecule is COC1CCC(Nc2ccc(I)cc2C)CC1. The lowest BCUT2D eigenvalue weighted by Gasteiger charge is -2.29. The average Bonchev–Trinajstić information content (AvgIpc) is 2.34.